The molecule has 3 rings (SSSR count). The number of fused-ring (bicyclic) bond motifs is 1. The Morgan fingerprint density at radius 1 is 1.30 bits per heavy atom. The van der Waals surface area contributed by atoms with Gasteiger partial charge in [-0.15, -0.1) is 0 Å². The van der Waals surface area contributed by atoms with Crippen molar-refractivity contribution in [1.82, 2.24) is 10.2 Å². The van der Waals surface area contributed by atoms with Gasteiger partial charge in [-0.05, 0) is 30.9 Å². The first-order valence-corrected chi connectivity index (χ1v) is 8.50. The first-order valence-electron chi connectivity index (χ1n) is 8.50. The highest BCUT2D eigenvalue weighted by Crippen LogP contribution is 2.27. The van der Waals surface area contributed by atoms with Crippen LogP contribution in [0.15, 0.2) is 24.3 Å². The number of likely N-dealkylation sites (tertiary alicyclic amines) is 1. The van der Waals surface area contributed by atoms with Gasteiger partial charge in [-0.25, -0.2) is 0 Å². The maximum absolute atomic E-state index is 12.5. The number of ether oxygens (including phenoxy) is 1. The number of nitrogens with zero attached hydrogens (tertiary/aromatic N) is 1. The molecule has 5 nitrogen and oxygen atoms in total. The molecule has 1 fully saturated rings. The van der Waals surface area contributed by atoms with Crippen molar-refractivity contribution in [2.24, 2.45) is 0 Å². The molecule has 0 aromatic heterocycles. The van der Waals surface area contributed by atoms with Gasteiger partial charge in [0.1, 0.15) is 17.9 Å². The monoisotopic (exact) mass is 316 g/mol. The number of para-hydroxylation sites is 1. The van der Waals surface area contributed by atoms with E-state index in [1.54, 1.807) is 4.90 Å². The Labute approximate surface area is 137 Å². The predicted molar refractivity (Wildman–Crippen MR) is 87.2 cm³/mol. The fraction of sp³-hybridized carbons (Fsp3) is 0.556. The average molecular weight is 316 g/mol. The van der Waals surface area contributed by atoms with Gasteiger partial charge in [0, 0.05) is 19.4 Å². The molecule has 0 aliphatic carbocycles. The van der Waals surface area contributed by atoms with Crippen molar-refractivity contribution in [1.29, 1.82) is 0 Å². The molecule has 0 unspecified atom stereocenters. The van der Waals surface area contributed by atoms with Crippen LogP contribution in [-0.2, 0) is 16.0 Å². The zero-order chi connectivity index (χ0) is 16.2. The molecule has 2 atom stereocenters. The molecule has 0 bridgehead atoms. The number of hydrogen-bond acceptors (Lipinski definition) is 3. The van der Waals surface area contributed by atoms with Crippen LogP contribution in [-0.4, -0.2) is 41.9 Å². The summed E-state index contributed by atoms with van der Waals surface area (Å²) in [6.07, 6.45) is 3.98. The van der Waals surface area contributed by atoms with E-state index in [0.29, 0.717) is 19.5 Å². The third-order valence-electron chi connectivity index (χ3n) is 4.65. The zero-order valence-corrected chi connectivity index (χ0v) is 13.6. The molecule has 0 spiro atoms. The summed E-state index contributed by atoms with van der Waals surface area (Å²) in [7, 11) is 0. The van der Waals surface area contributed by atoms with Crippen LogP contribution in [0.4, 0.5) is 0 Å². The van der Waals surface area contributed by atoms with Gasteiger partial charge in [-0.1, -0.05) is 25.1 Å². The molecule has 2 aliphatic rings. The second-order valence-corrected chi connectivity index (χ2v) is 6.25. The molecule has 1 saturated heterocycles. The van der Waals surface area contributed by atoms with E-state index in [9.17, 15) is 9.59 Å². The lowest BCUT2D eigenvalue weighted by Gasteiger charge is -2.34. The number of hydrogen-bond donors (Lipinski definition) is 1. The van der Waals surface area contributed by atoms with Crippen LogP contribution in [0.3, 0.4) is 0 Å². The molecule has 1 aromatic carbocycles. The van der Waals surface area contributed by atoms with Gasteiger partial charge in [0.05, 0.1) is 6.54 Å². The molecule has 0 saturated carbocycles. The van der Waals surface area contributed by atoms with E-state index in [4.69, 9.17) is 4.74 Å². The third kappa shape index (κ3) is 3.49. The van der Waals surface area contributed by atoms with Gasteiger partial charge in [-0.3, -0.25) is 9.59 Å². The van der Waals surface area contributed by atoms with Gasteiger partial charge in [0.15, 0.2) is 0 Å². The SMILES string of the molecule is CCC(=O)N1CCCC[C@H]1C(=O)NC[C@@H]1Cc2ccccc2O1. The number of amides is 2. The Bertz CT molecular complexity index is 562. The fourth-order valence-electron chi connectivity index (χ4n) is 3.41. The Hall–Kier alpha value is -2.04. The summed E-state index contributed by atoms with van der Waals surface area (Å²) < 4.78 is 5.84. The first kappa shape index (κ1) is 15.8. The average Bonchev–Trinajstić information content (AvgIpc) is 3.02. The van der Waals surface area contributed by atoms with Crippen molar-refractivity contribution in [3.8, 4) is 5.75 Å². The van der Waals surface area contributed by atoms with E-state index in [-0.39, 0.29) is 24.0 Å². The van der Waals surface area contributed by atoms with Crippen LogP contribution in [0, 0.1) is 0 Å². The van der Waals surface area contributed by atoms with Crippen LogP contribution in [0.5, 0.6) is 5.75 Å². The number of rotatable bonds is 4. The molecule has 5 heteroatoms. The minimum atomic E-state index is -0.319. The fourth-order valence-corrected chi connectivity index (χ4v) is 3.41. The minimum Gasteiger partial charge on any atom is -0.488 e. The molecule has 2 heterocycles. The third-order valence-corrected chi connectivity index (χ3v) is 4.65. The smallest absolute Gasteiger partial charge is 0.242 e. The second kappa shape index (κ2) is 7.02. The molecule has 2 aliphatic heterocycles. The Balaban J connectivity index is 1.54. The molecular formula is C18H24N2O3. The minimum absolute atomic E-state index is 0.0183. The number of benzene rings is 1. The Morgan fingerprint density at radius 3 is 2.91 bits per heavy atom. The molecule has 23 heavy (non-hydrogen) atoms. The van der Waals surface area contributed by atoms with Crippen LogP contribution in [0.1, 0.15) is 38.2 Å². The van der Waals surface area contributed by atoms with E-state index < -0.39 is 0 Å². The second-order valence-electron chi connectivity index (χ2n) is 6.25. The van der Waals surface area contributed by atoms with Gasteiger partial charge in [0.25, 0.3) is 0 Å². The molecule has 2 amide bonds. The summed E-state index contributed by atoms with van der Waals surface area (Å²) >= 11 is 0. The lowest BCUT2D eigenvalue weighted by atomic mass is 10.0. The van der Waals surface area contributed by atoms with Gasteiger partial charge in [0.2, 0.25) is 11.8 Å². The van der Waals surface area contributed by atoms with Crippen LogP contribution in [0.2, 0.25) is 0 Å². The Kier molecular flexibility index (Phi) is 4.84. The molecular weight excluding hydrogens is 292 g/mol. The Morgan fingerprint density at radius 2 is 2.13 bits per heavy atom. The van der Waals surface area contributed by atoms with E-state index in [2.05, 4.69) is 11.4 Å². The summed E-state index contributed by atoms with van der Waals surface area (Å²) in [4.78, 5) is 26.2. The lowest BCUT2D eigenvalue weighted by Crippen LogP contribution is -2.52. The zero-order valence-electron chi connectivity index (χ0n) is 13.6. The maximum Gasteiger partial charge on any atom is 0.242 e. The quantitative estimate of drug-likeness (QED) is 0.923. The lowest BCUT2D eigenvalue weighted by molar-refractivity contribution is -0.142. The summed E-state index contributed by atoms with van der Waals surface area (Å²) in [5.74, 6) is 0.924. The number of piperidine rings is 1. The molecule has 0 radical (unpaired) electrons. The number of carbonyl (C=O) groups is 2. The summed E-state index contributed by atoms with van der Waals surface area (Å²) in [5, 5.41) is 2.98. The van der Waals surface area contributed by atoms with Crippen molar-refractivity contribution in [3.63, 3.8) is 0 Å². The van der Waals surface area contributed by atoms with Crippen molar-refractivity contribution < 1.29 is 14.3 Å². The van der Waals surface area contributed by atoms with Gasteiger partial charge >= 0.3 is 0 Å². The van der Waals surface area contributed by atoms with Gasteiger partial charge < -0.3 is 15.0 Å². The van der Waals surface area contributed by atoms with E-state index >= 15 is 0 Å². The standard InChI is InChI=1S/C18H24N2O3/c1-2-17(21)20-10-6-5-8-15(20)18(22)19-12-14-11-13-7-3-4-9-16(13)23-14/h3-4,7,9,14-15H,2,5-6,8,10-12H2,1H3,(H,19,22)/t14-,15-/m0/s1. The number of carbonyl (C=O) groups excluding carboxylic acids is 2. The normalized spacial score (nSPS) is 23.1. The number of nitrogens with one attached hydrogen (secondary N) is 1. The molecule has 1 N–H and O–H groups in total. The molecule has 1 aromatic rings. The maximum atomic E-state index is 12.5. The largest absolute Gasteiger partial charge is 0.488 e. The molecule has 124 valence electrons. The van der Waals surface area contributed by atoms with Crippen molar-refractivity contribution >= 4 is 11.8 Å². The van der Waals surface area contributed by atoms with Crippen LogP contribution in [0.25, 0.3) is 0 Å². The van der Waals surface area contributed by atoms with Crippen molar-refractivity contribution in [2.75, 3.05) is 13.1 Å². The highest BCUT2D eigenvalue weighted by atomic mass is 16.5. The van der Waals surface area contributed by atoms with E-state index in [1.807, 2.05) is 25.1 Å². The highest BCUT2D eigenvalue weighted by molar-refractivity contribution is 5.87. The predicted octanol–water partition coefficient (Wildman–Crippen LogP) is 1.90. The summed E-state index contributed by atoms with van der Waals surface area (Å²) in [5.41, 5.74) is 1.19. The highest BCUT2D eigenvalue weighted by Gasteiger charge is 2.32. The van der Waals surface area contributed by atoms with Crippen molar-refractivity contribution in [2.45, 2.75) is 51.2 Å². The van der Waals surface area contributed by atoms with Crippen LogP contribution >= 0.6 is 0 Å². The van der Waals surface area contributed by atoms with Gasteiger partial charge in [-0.2, -0.15) is 0 Å². The summed E-state index contributed by atoms with van der Waals surface area (Å²) in [6, 6.07) is 7.65. The van der Waals surface area contributed by atoms with Crippen molar-refractivity contribution in [3.05, 3.63) is 29.8 Å². The first-order chi connectivity index (χ1) is 11.2. The van der Waals surface area contributed by atoms with E-state index in [1.165, 1.54) is 5.56 Å². The topological polar surface area (TPSA) is 58.6 Å². The summed E-state index contributed by atoms with van der Waals surface area (Å²) in [6.45, 7) is 3.02. The van der Waals surface area contributed by atoms with E-state index in [0.717, 1.165) is 31.4 Å². The van der Waals surface area contributed by atoms with Crippen LogP contribution < -0.4 is 10.1 Å².